The standard InChI is InChI=1S/C24H19N3O2/c1-26-15-21(19-7-3-5-9-23(19)26)24(16-10-12-17(13-11-16)27(28)29)20-14-25-22-8-4-2-6-18(20)22/h2-15,24-25H,1H3. The van der Waals surface area contributed by atoms with Crippen LogP contribution in [0.25, 0.3) is 21.8 Å². The van der Waals surface area contributed by atoms with E-state index >= 15 is 0 Å². The summed E-state index contributed by atoms with van der Waals surface area (Å²) < 4.78 is 2.14. The first-order valence-corrected chi connectivity index (χ1v) is 9.48. The summed E-state index contributed by atoms with van der Waals surface area (Å²) in [5.41, 5.74) is 5.71. The highest BCUT2D eigenvalue weighted by Crippen LogP contribution is 2.40. The number of aryl methyl sites for hydroxylation is 1. The molecule has 0 fully saturated rings. The van der Waals surface area contributed by atoms with Crippen molar-refractivity contribution in [3.05, 3.63) is 112 Å². The van der Waals surface area contributed by atoms with Crippen molar-refractivity contribution in [3.8, 4) is 0 Å². The van der Waals surface area contributed by atoms with Gasteiger partial charge in [-0.1, -0.05) is 48.5 Å². The number of benzene rings is 3. The lowest BCUT2D eigenvalue weighted by Crippen LogP contribution is -2.03. The Morgan fingerprint density at radius 1 is 0.897 bits per heavy atom. The molecule has 0 bridgehead atoms. The highest BCUT2D eigenvalue weighted by Gasteiger charge is 2.24. The molecule has 2 heterocycles. The average molecular weight is 381 g/mol. The highest BCUT2D eigenvalue weighted by molar-refractivity contribution is 5.89. The lowest BCUT2D eigenvalue weighted by molar-refractivity contribution is -0.384. The van der Waals surface area contributed by atoms with Gasteiger partial charge in [-0.3, -0.25) is 10.1 Å². The molecule has 5 rings (SSSR count). The Hall–Kier alpha value is -3.86. The molecule has 0 aliphatic carbocycles. The smallest absolute Gasteiger partial charge is 0.269 e. The van der Waals surface area contributed by atoms with E-state index in [1.807, 2.05) is 43.4 Å². The largest absolute Gasteiger partial charge is 0.361 e. The van der Waals surface area contributed by atoms with Gasteiger partial charge in [-0.25, -0.2) is 0 Å². The zero-order valence-electron chi connectivity index (χ0n) is 15.9. The van der Waals surface area contributed by atoms with Crippen LogP contribution in [-0.4, -0.2) is 14.5 Å². The van der Waals surface area contributed by atoms with Crippen LogP contribution in [0, 0.1) is 10.1 Å². The summed E-state index contributed by atoms with van der Waals surface area (Å²) in [6.45, 7) is 0. The zero-order valence-corrected chi connectivity index (χ0v) is 15.9. The van der Waals surface area contributed by atoms with E-state index in [-0.39, 0.29) is 16.5 Å². The molecule has 5 nitrogen and oxygen atoms in total. The minimum atomic E-state index is -0.359. The predicted molar refractivity (Wildman–Crippen MR) is 115 cm³/mol. The van der Waals surface area contributed by atoms with Gasteiger partial charge in [0.15, 0.2) is 0 Å². The number of non-ortho nitro benzene ring substituents is 1. The number of para-hydroxylation sites is 2. The summed E-state index contributed by atoms with van der Waals surface area (Å²) in [4.78, 5) is 14.1. The van der Waals surface area contributed by atoms with Gasteiger partial charge in [-0.05, 0) is 28.8 Å². The van der Waals surface area contributed by atoms with Gasteiger partial charge in [0.2, 0.25) is 0 Å². The molecule has 3 aromatic carbocycles. The first-order valence-electron chi connectivity index (χ1n) is 9.48. The van der Waals surface area contributed by atoms with E-state index in [4.69, 9.17) is 0 Å². The van der Waals surface area contributed by atoms with Crippen LogP contribution in [0.5, 0.6) is 0 Å². The maximum atomic E-state index is 11.1. The van der Waals surface area contributed by atoms with E-state index in [1.54, 1.807) is 12.1 Å². The number of nitro groups is 1. The Balaban J connectivity index is 1.78. The first kappa shape index (κ1) is 17.3. The third kappa shape index (κ3) is 2.79. The number of aromatic amines is 1. The van der Waals surface area contributed by atoms with Crippen molar-refractivity contribution in [1.29, 1.82) is 0 Å². The van der Waals surface area contributed by atoms with Gasteiger partial charge in [0.1, 0.15) is 0 Å². The third-order valence-electron chi connectivity index (χ3n) is 5.61. The molecule has 0 radical (unpaired) electrons. The summed E-state index contributed by atoms with van der Waals surface area (Å²) in [7, 11) is 2.05. The van der Waals surface area contributed by atoms with Crippen LogP contribution in [-0.2, 0) is 7.05 Å². The van der Waals surface area contributed by atoms with Gasteiger partial charge < -0.3 is 9.55 Å². The van der Waals surface area contributed by atoms with Crippen LogP contribution in [0.1, 0.15) is 22.6 Å². The van der Waals surface area contributed by atoms with Crippen LogP contribution in [0.3, 0.4) is 0 Å². The number of aromatic nitrogens is 2. The Kier molecular flexibility index (Phi) is 3.95. The van der Waals surface area contributed by atoms with Crippen molar-refractivity contribution < 1.29 is 4.92 Å². The Labute approximate surface area is 167 Å². The van der Waals surface area contributed by atoms with Gasteiger partial charge in [0.05, 0.1) is 4.92 Å². The van der Waals surface area contributed by atoms with Gasteiger partial charge in [0, 0.05) is 59.3 Å². The Bertz CT molecular complexity index is 1350. The molecule has 1 atom stereocenters. The van der Waals surface area contributed by atoms with Gasteiger partial charge in [0.25, 0.3) is 5.69 Å². The average Bonchev–Trinajstić information content (AvgIpc) is 3.31. The maximum absolute atomic E-state index is 11.1. The predicted octanol–water partition coefficient (Wildman–Crippen LogP) is 5.75. The molecule has 2 aromatic heterocycles. The number of nitro benzene ring substituents is 1. The lowest BCUT2D eigenvalue weighted by Gasteiger charge is -2.17. The van der Waals surface area contributed by atoms with Crippen molar-refractivity contribution in [3.63, 3.8) is 0 Å². The first-order chi connectivity index (χ1) is 14.1. The fraction of sp³-hybridized carbons (Fsp3) is 0.0833. The van der Waals surface area contributed by atoms with Crippen molar-refractivity contribution in [1.82, 2.24) is 9.55 Å². The molecule has 0 amide bonds. The number of hydrogen-bond acceptors (Lipinski definition) is 2. The third-order valence-corrected chi connectivity index (χ3v) is 5.61. The van der Waals surface area contributed by atoms with Crippen LogP contribution < -0.4 is 0 Å². The molecule has 0 saturated carbocycles. The Morgan fingerprint density at radius 2 is 1.59 bits per heavy atom. The second-order valence-corrected chi connectivity index (χ2v) is 7.28. The van der Waals surface area contributed by atoms with Gasteiger partial charge in [-0.15, -0.1) is 0 Å². The van der Waals surface area contributed by atoms with Crippen molar-refractivity contribution in [2.45, 2.75) is 5.92 Å². The fourth-order valence-corrected chi connectivity index (χ4v) is 4.25. The normalized spacial score (nSPS) is 12.4. The van der Waals surface area contributed by atoms with Crippen LogP contribution >= 0.6 is 0 Å². The number of hydrogen-bond donors (Lipinski definition) is 1. The molecule has 0 aliphatic rings. The summed E-state index contributed by atoms with van der Waals surface area (Å²) in [5.74, 6) is -0.0435. The van der Waals surface area contributed by atoms with Crippen molar-refractivity contribution in [2.75, 3.05) is 0 Å². The number of rotatable bonds is 4. The molecule has 1 N–H and O–H groups in total. The van der Waals surface area contributed by atoms with Gasteiger partial charge in [-0.2, -0.15) is 0 Å². The maximum Gasteiger partial charge on any atom is 0.269 e. The van der Waals surface area contributed by atoms with Crippen LogP contribution in [0.4, 0.5) is 5.69 Å². The van der Waals surface area contributed by atoms with E-state index in [1.165, 1.54) is 10.9 Å². The molecule has 0 saturated heterocycles. The van der Waals surface area contributed by atoms with E-state index < -0.39 is 0 Å². The van der Waals surface area contributed by atoms with E-state index in [9.17, 15) is 10.1 Å². The van der Waals surface area contributed by atoms with E-state index in [2.05, 4.69) is 46.2 Å². The molecule has 5 heteroatoms. The monoisotopic (exact) mass is 381 g/mol. The Morgan fingerprint density at radius 3 is 2.34 bits per heavy atom. The van der Waals surface area contributed by atoms with E-state index in [0.717, 1.165) is 27.5 Å². The molecule has 142 valence electrons. The lowest BCUT2D eigenvalue weighted by atomic mass is 9.84. The number of fused-ring (bicyclic) bond motifs is 2. The van der Waals surface area contributed by atoms with Crippen molar-refractivity contribution >= 4 is 27.5 Å². The SMILES string of the molecule is Cn1cc(C(c2ccc([N+](=O)[O-])cc2)c2c[nH]c3ccccc23)c2ccccc21. The second kappa shape index (κ2) is 6.63. The minimum Gasteiger partial charge on any atom is -0.361 e. The topological polar surface area (TPSA) is 63.9 Å². The van der Waals surface area contributed by atoms with Gasteiger partial charge >= 0.3 is 0 Å². The quantitative estimate of drug-likeness (QED) is 0.318. The highest BCUT2D eigenvalue weighted by atomic mass is 16.6. The number of nitrogens with one attached hydrogen (secondary N) is 1. The zero-order chi connectivity index (χ0) is 20.0. The van der Waals surface area contributed by atoms with Crippen molar-refractivity contribution in [2.24, 2.45) is 7.05 Å². The number of nitrogens with zero attached hydrogens (tertiary/aromatic N) is 2. The molecule has 0 aliphatic heterocycles. The van der Waals surface area contributed by atoms with E-state index in [0.29, 0.717) is 0 Å². The molecule has 1 unspecified atom stereocenters. The number of H-pyrrole nitrogens is 1. The summed E-state index contributed by atoms with van der Waals surface area (Å²) >= 11 is 0. The summed E-state index contributed by atoms with van der Waals surface area (Å²) in [6, 6.07) is 23.5. The summed E-state index contributed by atoms with van der Waals surface area (Å²) in [6.07, 6.45) is 4.22. The molecular weight excluding hydrogens is 362 g/mol. The van der Waals surface area contributed by atoms with Crippen LogP contribution in [0.2, 0.25) is 0 Å². The molecule has 29 heavy (non-hydrogen) atoms. The second-order valence-electron chi connectivity index (χ2n) is 7.28. The molecule has 0 spiro atoms. The summed E-state index contributed by atoms with van der Waals surface area (Å²) in [5, 5.41) is 13.5. The van der Waals surface area contributed by atoms with Crippen LogP contribution in [0.15, 0.2) is 85.2 Å². The minimum absolute atomic E-state index is 0.0435. The molecule has 5 aromatic rings. The fourth-order valence-electron chi connectivity index (χ4n) is 4.25. The molecular formula is C24H19N3O2.